The molecule has 0 spiro atoms. The number of carbonyl (C=O) groups is 2. The summed E-state index contributed by atoms with van der Waals surface area (Å²) in [6.07, 6.45) is 3.72. The van der Waals surface area contributed by atoms with E-state index in [9.17, 15) is 9.59 Å². The molecule has 19 heavy (non-hydrogen) atoms. The Morgan fingerprint density at radius 1 is 1.32 bits per heavy atom. The van der Waals surface area contributed by atoms with Crippen molar-refractivity contribution in [3.8, 4) is 0 Å². The van der Waals surface area contributed by atoms with Crippen LogP contribution in [0.1, 0.15) is 26.7 Å². The van der Waals surface area contributed by atoms with E-state index in [4.69, 9.17) is 4.74 Å². The number of piperidine rings is 1. The van der Waals surface area contributed by atoms with Gasteiger partial charge in [-0.1, -0.05) is 20.4 Å². The van der Waals surface area contributed by atoms with Gasteiger partial charge in [0.25, 0.3) is 0 Å². The minimum atomic E-state index is -0.309. The minimum absolute atomic E-state index is 0.309. The van der Waals surface area contributed by atoms with Gasteiger partial charge in [-0.15, -0.1) is 0 Å². The van der Waals surface area contributed by atoms with Crippen molar-refractivity contribution in [3.05, 3.63) is 12.8 Å². The first-order valence-electron chi connectivity index (χ1n) is 7.08. The average Bonchev–Trinajstić information content (AvgIpc) is 2.37. The van der Waals surface area contributed by atoms with E-state index in [1.165, 1.54) is 12.7 Å². The number of amides is 1. The Kier molecular flexibility index (Phi) is 4.27. The van der Waals surface area contributed by atoms with Crippen molar-refractivity contribution in [2.45, 2.75) is 26.7 Å². The number of fused-ring (bicyclic) bond motifs is 2. The first-order valence-corrected chi connectivity index (χ1v) is 7.08. The topological polar surface area (TPSA) is 46.6 Å². The van der Waals surface area contributed by atoms with Gasteiger partial charge in [0, 0.05) is 19.5 Å². The van der Waals surface area contributed by atoms with Crippen molar-refractivity contribution >= 4 is 12.4 Å². The van der Waals surface area contributed by atoms with Crippen LogP contribution < -0.4 is 0 Å². The molecule has 4 unspecified atom stereocenters. The zero-order valence-electron chi connectivity index (χ0n) is 11.7. The summed E-state index contributed by atoms with van der Waals surface area (Å²) in [5.74, 6) is 2.35. The maximum absolute atomic E-state index is 11.9. The van der Waals surface area contributed by atoms with Gasteiger partial charge < -0.3 is 14.4 Å². The fraction of sp³-hybridized carbons (Fsp3) is 0.733. The van der Waals surface area contributed by atoms with Crippen molar-refractivity contribution < 1.29 is 14.3 Å². The predicted octanol–water partition coefficient (Wildman–Crippen LogP) is 2.70. The van der Waals surface area contributed by atoms with Crippen LogP contribution in [0.2, 0.25) is 0 Å². The van der Waals surface area contributed by atoms with Gasteiger partial charge in [0.2, 0.25) is 0 Å². The van der Waals surface area contributed by atoms with E-state index in [2.05, 4.69) is 20.4 Å². The van der Waals surface area contributed by atoms with Crippen molar-refractivity contribution in [2.24, 2.45) is 29.6 Å². The minimum Gasteiger partial charge on any atom is -0.419 e. The summed E-state index contributed by atoms with van der Waals surface area (Å²) in [7, 11) is 0. The van der Waals surface area contributed by atoms with Crippen LogP contribution >= 0.6 is 0 Å². The average molecular weight is 265 g/mol. The molecule has 1 amide bonds. The first kappa shape index (κ1) is 14.1. The molecule has 4 heteroatoms. The lowest BCUT2D eigenvalue weighted by Crippen LogP contribution is -2.55. The van der Waals surface area contributed by atoms with Crippen LogP contribution in [0.15, 0.2) is 12.8 Å². The van der Waals surface area contributed by atoms with Crippen LogP contribution in [0, 0.1) is 29.6 Å². The third kappa shape index (κ3) is 2.67. The smallest absolute Gasteiger partial charge is 0.414 e. The van der Waals surface area contributed by atoms with E-state index in [-0.39, 0.29) is 6.09 Å². The highest BCUT2D eigenvalue weighted by Gasteiger charge is 2.46. The van der Waals surface area contributed by atoms with Gasteiger partial charge in [0.15, 0.2) is 0 Å². The maximum atomic E-state index is 11.9. The highest BCUT2D eigenvalue weighted by molar-refractivity contribution is 5.68. The van der Waals surface area contributed by atoms with Gasteiger partial charge in [0.05, 0.1) is 6.26 Å². The molecule has 106 valence electrons. The number of carbonyl (C=O) groups excluding carboxylic acids is 2. The zero-order chi connectivity index (χ0) is 14.0. The second-order valence-corrected chi connectivity index (χ2v) is 6.04. The standard InChI is InChI=1S/C15H23NO3/c1-4-19-15(18)16-8-13-10(2)7-11(3)14(9-16)12(13)5-6-17/h4,6,10-14H,1,5,7-9H2,2-3H3. The number of likely N-dealkylation sites (tertiary alicyclic amines) is 1. The number of nitrogens with zero attached hydrogens (tertiary/aromatic N) is 1. The summed E-state index contributed by atoms with van der Waals surface area (Å²) < 4.78 is 4.89. The molecular formula is C15H23NO3. The summed E-state index contributed by atoms with van der Waals surface area (Å²) in [6.45, 7) is 9.30. The number of ether oxygens (including phenoxy) is 1. The first-order chi connectivity index (χ1) is 9.08. The van der Waals surface area contributed by atoms with Gasteiger partial charge in [-0.2, -0.15) is 0 Å². The molecule has 0 aromatic rings. The van der Waals surface area contributed by atoms with E-state index < -0.39 is 0 Å². The lowest BCUT2D eigenvalue weighted by atomic mass is 9.59. The Hall–Kier alpha value is -1.32. The molecule has 1 saturated heterocycles. The van der Waals surface area contributed by atoms with E-state index >= 15 is 0 Å². The van der Waals surface area contributed by atoms with Crippen LogP contribution in [0.5, 0.6) is 0 Å². The van der Waals surface area contributed by atoms with E-state index in [0.29, 0.717) is 49.1 Å². The summed E-state index contributed by atoms with van der Waals surface area (Å²) in [6, 6.07) is 0. The van der Waals surface area contributed by atoms with E-state index in [1.807, 2.05) is 0 Å². The van der Waals surface area contributed by atoms with Crippen LogP contribution in [0.4, 0.5) is 4.79 Å². The molecular weight excluding hydrogens is 242 g/mol. The van der Waals surface area contributed by atoms with Gasteiger partial charge >= 0.3 is 6.09 Å². The number of aldehydes is 1. The van der Waals surface area contributed by atoms with Gasteiger partial charge in [-0.3, -0.25) is 0 Å². The van der Waals surface area contributed by atoms with Crippen molar-refractivity contribution in [3.63, 3.8) is 0 Å². The number of rotatable bonds is 3. The molecule has 0 N–H and O–H groups in total. The molecule has 1 aliphatic carbocycles. The number of hydrogen-bond donors (Lipinski definition) is 0. The second-order valence-electron chi connectivity index (χ2n) is 6.04. The third-order valence-corrected chi connectivity index (χ3v) is 4.98. The van der Waals surface area contributed by atoms with Crippen LogP contribution in [-0.2, 0) is 9.53 Å². The van der Waals surface area contributed by atoms with Crippen molar-refractivity contribution in [2.75, 3.05) is 13.1 Å². The predicted molar refractivity (Wildman–Crippen MR) is 72.3 cm³/mol. The van der Waals surface area contributed by atoms with Gasteiger partial charge in [-0.25, -0.2) is 4.79 Å². The molecule has 1 heterocycles. The van der Waals surface area contributed by atoms with Gasteiger partial charge in [0.1, 0.15) is 6.29 Å². The molecule has 0 aromatic carbocycles. The lowest BCUT2D eigenvalue weighted by Gasteiger charge is -2.52. The van der Waals surface area contributed by atoms with E-state index in [0.717, 1.165) is 6.29 Å². The Morgan fingerprint density at radius 2 is 1.89 bits per heavy atom. The highest BCUT2D eigenvalue weighted by atomic mass is 16.5. The maximum Gasteiger partial charge on any atom is 0.414 e. The van der Waals surface area contributed by atoms with Crippen molar-refractivity contribution in [1.29, 1.82) is 0 Å². The van der Waals surface area contributed by atoms with Crippen LogP contribution in [-0.4, -0.2) is 30.4 Å². The Labute approximate surface area is 114 Å². The monoisotopic (exact) mass is 265 g/mol. The SMILES string of the molecule is C=COC(=O)N1CC2C(C)CC(C)C(C1)C2CC=O. The number of hydrogen-bond acceptors (Lipinski definition) is 3. The molecule has 0 radical (unpaired) electrons. The molecule has 2 rings (SSSR count). The van der Waals surface area contributed by atoms with E-state index in [1.54, 1.807) is 4.90 Å². The Bertz CT molecular complexity index is 350. The molecule has 0 aromatic heterocycles. The molecule has 2 bridgehead atoms. The lowest BCUT2D eigenvalue weighted by molar-refractivity contribution is -0.112. The van der Waals surface area contributed by atoms with Crippen LogP contribution in [0.25, 0.3) is 0 Å². The fourth-order valence-corrected chi connectivity index (χ4v) is 4.07. The van der Waals surface area contributed by atoms with Gasteiger partial charge in [-0.05, 0) is 36.0 Å². The quantitative estimate of drug-likeness (QED) is 0.582. The fourth-order valence-electron chi connectivity index (χ4n) is 4.07. The molecule has 4 nitrogen and oxygen atoms in total. The zero-order valence-corrected chi connectivity index (χ0v) is 11.7. The molecule has 4 atom stereocenters. The summed E-state index contributed by atoms with van der Waals surface area (Å²) >= 11 is 0. The molecule has 2 aliphatic rings. The second kappa shape index (κ2) is 5.76. The molecule has 1 aliphatic heterocycles. The third-order valence-electron chi connectivity index (χ3n) is 4.98. The van der Waals surface area contributed by atoms with Crippen molar-refractivity contribution in [1.82, 2.24) is 4.90 Å². The van der Waals surface area contributed by atoms with Crippen LogP contribution in [0.3, 0.4) is 0 Å². The summed E-state index contributed by atoms with van der Waals surface area (Å²) in [4.78, 5) is 24.6. The molecule has 2 fully saturated rings. The Balaban J connectivity index is 2.16. The normalized spacial score (nSPS) is 37.6. The summed E-state index contributed by atoms with van der Waals surface area (Å²) in [5, 5.41) is 0. The summed E-state index contributed by atoms with van der Waals surface area (Å²) in [5.41, 5.74) is 0. The highest BCUT2D eigenvalue weighted by Crippen LogP contribution is 2.47. The largest absolute Gasteiger partial charge is 0.419 e. The molecule has 1 saturated carbocycles. The Morgan fingerprint density at radius 3 is 2.37 bits per heavy atom.